The molecule has 2 aromatic heterocycles. The Labute approximate surface area is 452 Å². The van der Waals surface area contributed by atoms with Crippen molar-refractivity contribution in [1.82, 2.24) is 0 Å². The second-order valence-electron chi connectivity index (χ2n) is 29.1. The van der Waals surface area contributed by atoms with Gasteiger partial charge in [0.2, 0.25) is 0 Å². The van der Waals surface area contributed by atoms with Gasteiger partial charge in [0.25, 0.3) is 0 Å². The van der Waals surface area contributed by atoms with Crippen LogP contribution in [0.3, 0.4) is 0 Å². The van der Waals surface area contributed by atoms with Crippen LogP contribution in [0.25, 0.3) is 55.2 Å². The zero-order chi connectivity index (χ0) is 53.3. The van der Waals surface area contributed by atoms with Gasteiger partial charge in [-0.05, 0) is 186 Å². The van der Waals surface area contributed by atoms with Crippen LogP contribution in [0.1, 0.15) is 181 Å². The smallest absolute Gasteiger partial charge is 0.376 e. The van der Waals surface area contributed by atoms with E-state index in [1.165, 1.54) is 85.2 Å². The summed E-state index contributed by atoms with van der Waals surface area (Å²) in [6, 6.07) is 45.4. The van der Waals surface area contributed by atoms with Gasteiger partial charge in [-0.2, -0.15) is 0 Å². The molecule has 0 saturated carbocycles. The maximum atomic E-state index is 7.78. The lowest BCUT2D eigenvalue weighted by atomic mass is 9.45. The van der Waals surface area contributed by atoms with E-state index in [9.17, 15) is 0 Å². The van der Waals surface area contributed by atoms with Crippen LogP contribution in [-0.2, 0) is 37.9 Å². The van der Waals surface area contributed by atoms with E-state index in [2.05, 4.69) is 236 Å². The standard InChI is InChI=1S/C71H75BN2O2/c1-65(2,3)40-21-25-42(26-22-40)73-57-36-47-44-19-17-18-20-58(44)75-63(47)60-48-33-45-46-34-52-54(69(11,12)31-29-67(52,7)8)37-50(46)71(15,16)51(45)38-56(48)74(43-27-23-41(24-28-43)66(4,5)6)72(61(57)60)64-62(73)49-35-53-55(39-59(49)76-64)70(13,14)32-30-68(53,9)10/h17-28,33-39H,29-32H2,1-16H3. The molecule has 2 aliphatic heterocycles. The van der Waals surface area contributed by atoms with Crippen LogP contribution in [0.2, 0.25) is 0 Å². The molecule has 4 nitrogen and oxygen atoms in total. The third kappa shape index (κ3) is 6.50. The molecule has 5 heteroatoms. The minimum absolute atomic E-state index is 0.00412. The first kappa shape index (κ1) is 48.0. The highest BCUT2D eigenvalue weighted by molar-refractivity contribution is 6.93. The van der Waals surface area contributed by atoms with Gasteiger partial charge in [0.05, 0.1) is 5.69 Å². The third-order valence-electron chi connectivity index (χ3n) is 19.9. The van der Waals surface area contributed by atoms with Crippen LogP contribution in [0, 0.1) is 0 Å². The highest BCUT2D eigenvalue weighted by Crippen LogP contribution is 2.60. The summed E-state index contributed by atoms with van der Waals surface area (Å²) in [6.07, 6.45) is 4.63. The fourth-order valence-corrected chi connectivity index (χ4v) is 14.8. The fourth-order valence-electron chi connectivity index (χ4n) is 14.8. The summed E-state index contributed by atoms with van der Waals surface area (Å²) in [5.41, 5.74) is 26.9. The van der Waals surface area contributed by atoms with E-state index in [0.717, 1.165) is 79.7 Å². The Bertz CT molecular complexity index is 3990. The molecule has 5 aliphatic rings. The van der Waals surface area contributed by atoms with Gasteiger partial charge in [0.1, 0.15) is 22.4 Å². The van der Waals surface area contributed by atoms with Crippen LogP contribution in [0.5, 0.6) is 0 Å². The molecule has 14 rings (SSSR count). The van der Waals surface area contributed by atoms with Gasteiger partial charge in [-0.25, -0.2) is 0 Å². The predicted octanol–water partition coefficient (Wildman–Crippen LogP) is 18.6. The first-order valence-electron chi connectivity index (χ1n) is 28.4. The average Bonchev–Trinajstić information content (AvgIpc) is 4.19. The largest absolute Gasteiger partial charge is 0.466 e. The van der Waals surface area contributed by atoms with E-state index in [1.807, 2.05) is 0 Å². The fraction of sp³-hybridized carbons (Fsp3) is 0.380. The van der Waals surface area contributed by atoms with Crippen molar-refractivity contribution < 1.29 is 8.83 Å². The molecular formula is C71H75BN2O2. The molecule has 0 N–H and O–H groups in total. The molecule has 0 bridgehead atoms. The van der Waals surface area contributed by atoms with Crippen molar-refractivity contribution in [2.24, 2.45) is 0 Å². The van der Waals surface area contributed by atoms with E-state index in [1.54, 1.807) is 0 Å². The van der Waals surface area contributed by atoms with E-state index in [-0.39, 0.29) is 44.8 Å². The van der Waals surface area contributed by atoms with Crippen molar-refractivity contribution in [1.29, 1.82) is 0 Å². The van der Waals surface area contributed by atoms with Crippen molar-refractivity contribution in [2.45, 2.75) is 174 Å². The third-order valence-corrected chi connectivity index (χ3v) is 19.9. The number of anilines is 5. The second kappa shape index (κ2) is 15.0. The summed E-state index contributed by atoms with van der Waals surface area (Å²) in [7, 11) is 0. The van der Waals surface area contributed by atoms with Crippen molar-refractivity contribution in [3.8, 4) is 22.3 Å². The molecule has 0 amide bonds. The van der Waals surface area contributed by atoms with Crippen LogP contribution in [0.15, 0.2) is 124 Å². The summed E-state index contributed by atoms with van der Waals surface area (Å²) in [4.78, 5) is 5.24. The van der Waals surface area contributed by atoms with Crippen LogP contribution < -0.4 is 20.8 Å². The Morgan fingerprint density at radius 3 is 1.58 bits per heavy atom. The van der Waals surface area contributed by atoms with Crippen LogP contribution in [0.4, 0.5) is 28.4 Å². The number of rotatable bonds is 2. The summed E-state index contributed by atoms with van der Waals surface area (Å²) in [5.74, 6) is 0. The molecule has 0 atom stereocenters. The number of hydrogen-bond acceptors (Lipinski definition) is 4. The molecule has 0 radical (unpaired) electrons. The Morgan fingerprint density at radius 1 is 0.447 bits per heavy atom. The number of nitrogens with zero attached hydrogens (tertiary/aromatic N) is 2. The molecule has 0 saturated heterocycles. The Morgan fingerprint density at radius 2 is 0.974 bits per heavy atom. The summed E-state index contributed by atoms with van der Waals surface area (Å²) >= 11 is 0. The highest BCUT2D eigenvalue weighted by Gasteiger charge is 2.52. The van der Waals surface area contributed by atoms with Crippen LogP contribution in [-0.4, -0.2) is 6.85 Å². The Balaban J connectivity index is 1.15. The summed E-state index contributed by atoms with van der Waals surface area (Å²) < 4.78 is 15.1. The van der Waals surface area contributed by atoms with E-state index in [4.69, 9.17) is 8.83 Å². The lowest BCUT2D eigenvalue weighted by Gasteiger charge is -2.44. The lowest BCUT2D eigenvalue weighted by Crippen LogP contribution is -2.61. The van der Waals surface area contributed by atoms with Crippen molar-refractivity contribution >= 4 is 79.3 Å². The Kier molecular flexibility index (Phi) is 9.44. The number of para-hydroxylation sites is 1. The van der Waals surface area contributed by atoms with E-state index < -0.39 is 0 Å². The Hall–Kier alpha value is -6.46. The van der Waals surface area contributed by atoms with E-state index in [0.29, 0.717) is 0 Å². The molecule has 0 unspecified atom stereocenters. The molecule has 0 spiro atoms. The lowest BCUT2D eigenvalue weighted by molar-refractivity contribution is 0.331. The summed E-state index contributed by atoms with van der Waals surface area (Å²) in [5, 5.41) is 3.42. The van der Waals surface area contributed by atoms with E-state index >= 15 is 0 Å². The van der Waals surface area contributed by atoms with Gasteiger partial charge < -0.3 is 18.5 Å². The van der Waals surface area contributed by atoms with Gasteiger partial charge >= 0.3 is 6.85 Å². The van der Waals surface area contributed by atoms with Crippen molar-refractivity contribution in [2.75, 3.05) is 9.71 Å². The normalized spacial score (nSPS) is 19.0. The molecule has 384 valence electrons. The molecular weight excluding hydrogens is 924 g/mol. The van der Waals surface area contributed by atoms with Crippen molar-refractivity contribution in [3.63, 3.8) is 0 Å². The predicted molar refractivity (Wildman–Crippen MR) is 323 cm³/mol. The van der Waals surface area contributed by atoms with Gasteiger partial charge in [-0.3, -0.25) is 0 Å². The zero-order valence-corrected chi connectivity index (χ0v) is 48.1. The van der Waals surface area contributed by atoms with Gasteiger partial charge in [0, 0.05) is 55.5 Å². The first-order valence-corrected chi connectivity index (χ1v) is 28.4. The zero-order valence-electron chi connectivity index (χ0n) is 48.1. The monoisotopic (exact) mass is 999 g/mol. The summed E-state index contributed by atoms with van der Waals surface area (Å²) in [6.45, 7) is 38.1. The SMILES string of the molecule is CC(C)(C)c1ccc(N2B3c4oc5cc6c(cc5c4N(c4ccc(C(C)(C)C)cc4)c4cc5c(oc7ccccc75)c(c43)-c3cc4c(cc32)C(C)(C)c2cc3c(cc2-4)C(C)(C)CCC3(C)C)C(C)(C)CCC6(C)C)cc1. The number of hydrogen-bond donors (Lipinski definition) is 0. The number of fused-ring (bicyclic) bond motifs is 15. The van der Waals surface area contributed by atoms with Crippen LogP contribution >= 0.6 is 0 Å². The van der Waals surface area contributed by atoms with Crippen molar-refractivity contribution in [3.05, 3.63) is 160 Å². The maximum Gasteiger partial charge on any atom is 0.376 e. The molecule has 4 heterocycles. The minimum Gasteiger partial charge on any atom is -0.466 e. The molecule has 76 heavy (non-hydrogen) atoms. The second-order valence-corrected chi connectivity index (χ2v) is 29.1. The number of furan rings is 2. The minimum atomic E-state index is -0.333. The molecule has 9 aromatic rings. The molecule has 0 fully saturated rings. The molecule has 3 aliphatic carbocycles. The topological polar surface area (TPSA) is 32.8 Å². The number of benzene rings is 7. The quantitative estimate of drug-likeness (QED) is 0.162. The van der Waals surface area contributed by atoms with Gasteiger partial charge in [-0.1, -0.05) is 159 Å². The maximum absolute atomic E-state index is 7.78. The highest BCUT2D eigenvalue weighted by atomic mass is 16.3. The molecule has 7 aromatic carbocycles. The first-order chi connectivity index (χ1) is 35.7. The van der Waals surface area contributed by atoms with Gasteiger partial charge in [-0.15, -0.1) is 0 Å². The van der Waals surface area contributed by atoms with Gasteiger partial charge in [0.15, 0.2) is 0 Å². The average molecular weight is 999 g/mol.